The average molecular weight is 270 g/mol. The van der Waals surface area contributed by atoms with Gasteiger partial charge in [-0.25, -0.2) is 0 Å². The van der Waals surface area contributed by atoms with Crippen molar-refractivity contribution < 1.29 is 9.59 Å². The Morgan fingerprint density at radius 1 is 1.20 bits per heavy atom. The summed E-state index contributed by atoms with van der Waals surface area (Å²) in [7, 11) is 0. The summed E-state index contributed by atoms with van der Waals surface area (Å²) in [5.41, 5.74) is 2.31. The molecule has 1 heterocycles. The number of rotatable bonds is 1. The minimum absolute atomic E-state index is 0.0428. The zero-order chi connectivity index (χ0) is 14.3. The van der Waals surface area contributed by atoms with E-state index in [9.17, 15) is 9.59 Å². The van der Waals surface area contributed by atoms with Gasteiger partial charge in [-0.15, -0.1) is 0 Å². The van der Waals surface area contributed by atoms with E-state index in [0.717, 1.165) is 29.9 Å². The van der Waals surface area contributed by atoms with E-state index in [0.29, 0.717) is 12.0 Å². The maximum Gasteiger partial charge on any atom is 0.163 e. The van der Waals surface area contributed by atoms with Crippen LogP contribution in [-0.2, 0) is 9.59 Å². The SMILES string of the molecule is CC(=O)C1(C)Nc2ccccc2NC2=C1C(=O)CCC2. The van der Waals surface area contributed by atoms with Gasteiger partial charge in [-0.3, -0.25) is 9.59 Å². The van der Waals surface area contributed by atoms with E-state index in [1.54, 1.807) is 6.92 Å². The van der Waals surface area contributed by atoms with Crippen LogP contribution in [0.15, 0.2) is 35.5 Å². The van der Waals surface area contributed by atoms with Gasteiger partial charge < -0.3 is 10.6 Å². The van der Waals surface area contributed by atoms with Gasteiger partial charge >= 0.3 is 0 Å². The lowest BCUT2D eigenvalue weighted by atomic mass is 9.79. The van der Waals surface area contributed by atoms with Gasteiger partial charge in [-0.05, 0) is 38.8 Å². The molecule has 3 rings (SSSR count). The third-order valence-electron chi connectivity index (χ3n) is 4.21. The van der Waals surface area contributed by atoms with Crippen LogP contribution in [0.1, 0.15) is 33.1 Å². The summed E-state index contributed by atoms with van der Waals surface area (Å²) in [5.74, 6) is 0.0236. The molecule has 1 aromatic rings. The van der Waals surface area contributed by atoms with Crippen molar-refractivity contribution in [2.45, 2.75) is 38.6 Å². The van der Waals surface area contributed by atoms with Crippen LogP contribution in [0.3, 0.4) is 0 Å². The highest BCUT2D eigenvalue weighted by Crippen LogP contribution is 2.39. The van der Waals surface area contributed by atoms with Crippen LogP contribution < -0.4 is 10.6 Å². The van der Waals surface area contributed by atoms with Crippen LogP contribution in [0.4, 0.5) is 11.4 Å². The maximum atomic E-state index is 12.4. The van der Waals surface area contributed by atoms with Gasteiger partial charge in [-0.2, -0.15) is 0 Å². The lowest BCUT2D eigenvalue weighted by Crippen LogP contribution is -2.47. The van der Waals surface area contributed by atoms with Gasteiger partial charge in [0.25, 0.3) is 0 Å². The Morgan fingerprint density at radius 3 is 2.60 bits per heavy atom. The van der Waals surface area contributed by atoms with Crippen molar-refractivity contribution in [3.05, 3.63) is 35.5 Å². The summed E-state index contributed by atoms with van der Waals surface area (Å²) in [6.45, 7) is 3.34. The molecule has 0 spiro atoms. The molecule has 2 aliphatic rings. The molecule has 4 nitrogen and oxygen atoms in total. The summed E-state index contributed by atoms with van der Waals surface area (Å²) in [6.07, 6.45) is 2.15. The molecule has 0 saturated heterocycles. The number of hydrogen-bond acceptors (Lipinski definition) is 4. The lowest BCUT2D eigenvalue weighted by Gasteiger charge is -2.32. The molecular weight excluding hydrogens is 252 g/mol. The number of ketones is 2. The smallest absolute Gasteiger partial charge is 0.163 e. The Morgan fingerprint density at radius 2 is 1.90 bits per heavy atom. The van der Waals surface area contributed by atoms with E-state index in [1.165, 1.54) is 6.92 Å². The van der Waals surface area contributed by atoms with Crippen molar-refractivity contribution in [2.24, 2.45) is 0 Å². The van der Waals surface area contributed by atoms with Crippen molar-refractivity contribution in [2.75, 3.05) is 10.6 Å². The topological polar surface area (TPSA) is 58.2 Å². The van der Waals surface area contributed by atoms with Crippen LogP contribution in [0, 0.1) is 0 Å². The Kier molecular flexibility index (Phi) is 2.89. The van der Waals surface area contributed by atoms with Gasteiger partial charge in [0.15, 0.2) is 11.6 Å². The van der Waals surface area contributed by atoms with Gasteiger partial charge in [0.2, 0.25) is 0 Å². The zero-order valence-electron chi connectivity index (χ0n) is 11.7. The molecule has 1 atom stereocenters. The van der Waals surface area contributed by atoms with Gasteiger partial charge in [0, 0.05) is 17.7 Å². The predicted molar refractivity (Wildman–Crippen MR) is 78.7 cm³/mol. The van der Waals surface area contributed by atoms with E-state index in [4.69, 9.17) is 0 Å². The second kappa shape index (κ2) is 4.47. The third-order valence-corrected chi connectivity index (χ3v) is 4.21. The number of carbonyl (C=O) groups excluding carboxylic acids is 2. The second-order valence-electron chi connectivity index (χ2n) is 5.61. The Labute approximate surface area is 118 Å². The first kappa shape index (κ1) is 12.9. The fourth-order valence-electron chi connectivity index (χ4n) is 3.01. The number of hydrogen-bond donors (Lipinski definition) is 2. The van der Waals surface area contributed by atoms with Crippen molar-refractivity contribution in [3.8, 4) is 0 Å². The highest BCUT2D eigenvalue weighted by atomic mass is 16.1. The molecule has 0 aromatic heterocycles. The maximum absolute atomic E-state index is 12.4. The Hall–Kier alpha value is -2.10. The van der Waals surface area contributed by atoms with Gasteiger partial charge in [-0.1, -0.05) is 12.1 Å². The standard InChI is InChI=1S/C16H18N2O2/c1-10(19)16(2)15-13(8-5-9-14(15)20)17-11-6-3-4-7-12(11)18-16/h3-4,6-7,17-18H,5,8-9H2,1-2H3. The fraction of sp³-hybridized carbons (Fsp3) is 0.375. The van der Waals surface area contributed by atoms with Crippen molar-refractivity contribution in [3.63, 3.8) is 0 Å². The molecule has 0 bridgehead atoms. The normalized spacial score (nSPS) is 25.0. The molecule has 0 saturated carbocycles. The highest BCUT2D eigenvalue weighted by Gasteiger charge is 2.43. The lowest BCUT2D eigenvalue weighted by molar-refractivity contribution is -0.123. The summed E-state index contributed by atoms with van der Waals surface area (Å²) < 4.78 is 0. The van der Waals surface area contributed by atoms with Crippen molar-refractivity contribution in [1.29, 1.82) is 0 Å². The van der Waals surface area contributed by atoms with E-state index in [2.05, 4.69) is 10.6 Å². The molecule has 1 aliphatic heterocycles. The van der Waals surface area contributed by atoms with Crippen molar-refractivity contribution in [1.82, 2.24) is 0 Å². The summed E-state index contributed by atoms with van der Waals surface area (Å²) in [4.78, 5) is 24.6. The first-order valence-corrected chi connectivity index (χ1v) is 6.94. The quantitative estimate of drug-likeness (QED) is 0.824. The number of allylic oxidation sites excluding steroid dienone is 1. The number of Topliss-reactive ketones (excluding diaryl/α,β-unsaturated/α-hetero) is 2. The second-order valence-corrected chi connectivity index (χ2v) is 5.61. The van der Waals surface area contributed by atoms with Crippen LogP contribution in [0.5, 0.6) is 0 Å². The first-order chi connectivity index (χ1) is 9.52. The van der Waals surface area contributed by atoms with Crippen LogP contribution in [0.25, 0.3) is 0 Å². The molecule has 0 radical (unpaired) electrons. The predicted octanol–water partition coefficient (Wildman–Crippen LogP) is 2.88. The molecule has 1 unspecified atom stereocenters. The first-order valence-electron chi connectivity index (χ1n) is 6.94. The zero-order valence-corrected chi connectivity index (χ0v) is 11.7. The number of nitrogens with one attached hydrogen (secondary N) is 2. The minimum Gasteiger partial charge on any atom is -0.368 e. The van der Waals surface area contributed by atoms with Gasteiger partial charge in [0.05, 0.1) is 11.4 Å². The van der Waals surface area contributed by atoms with E-state index in [-0.39, 0.29) is 11.6 Å². The highest BCUT2D eigenvalue weighted by molar-refractivity contribution is 6.10. The summed E-state index contributed by atoms with van der Waals surface area (Å²) >= 11 is 0. The van der Waals surface area contributed by atoms with Crippen molar-refractivity contribution >= 4 is 22.9 Å². The monoisotopic (exact) mass is 270 g/mol. The molecular formula is C16H18N2O2. The molecule has 1 aromatic carbocycles. The van der Waals surface area contributed by atoms with Crippen LogP contribution >= 0.6 is 0 Å². The van der Waals surface area contributed by atoms with Crippen LogP contribution in [0.2, 0.25) is 0 Å². The van der Waals surface area contributed by atoms with E-state index in [1.807, 2.05) is 24.3 Å². The number of benzene rings is 1. The number of para-hydroxylation sites is 2. The Bertz CT molecular complexity index is 633. The number of carbonyl (C=O) groups is 2. The van der Waals surface area contributed by atoms with Gasteiger partial charge in [0.1, 0.15) is 5.54 Å². The fourth-order valence-corrected chi connectivity index (χ4v) is 3.01. The molecule has 20 heavy (non-hydrogen) atoms. The average Bonchev–Trinajstić information content (AvgIpc) is 2.53. The number of anilines is 2. The summed E-state index contributed by atoms with van der Waals surface area (Å²) in [6, 6.07) is 7.74. The summed E-state index contributed by atoms with van der Waals surface area (Å²) in [5, 5.41) is 6.62. The van der Waals surface area contributed by atoms with E-state index >= 15 is 0 Å². The van der Waals surface area contributed by atoms with E-state index < -0.39 is 5.54 Å². The largest absolute Gasteiger partial charge is 0.368 e. The molecule has 0 amide bonds. The Balaban J connectivity index is 2.22. The molecule has 104 valence electrons. The molecule has 2 N–H and O–H groups in total. The molecule has 1 aliphatic carbocycles. The molecule has 4 heteroatoms. The minimum atomic E-state index is -0.952. The molecule has 0 fully saturated rings. The number of fused-ring (bicyclic) bond motifs is 1. The third kappa shape index (κ3) is 1.83. The van der Waals surface area contributed by atoms with Crippen LogP contribution in [-0.4, -0.2) is 17.1 Å².